The van der Waals surface area contributed by atoms with Crippen LogP contribution in [0.5, 0.6) is 5.75 Å². The van der Waals surface area contributed by atoms with E-state index in [0.29, 0.717) is 12.1 Å². The first-order valence-electron chi connectivity index (χ1n) is 8.15. The van der Waals surface area contributed by atoms with E-state index in [1.54, 1.807) is 0 Å². The molecule has 0 aliphatic rings. The summed E-state index contributed by atoms with van der Waals surface area (Å²) in [5.74, 6) is 0.414. The maximum atomic E-state index is 12.8. The average molecular weight is 346 g/mol. The Morgan fingerprint density at radius 2 is 1.72 bits per heavy atom. The van der Waals surface area contributed by atoms with E-state index in [9.17, 15) is 14.3 Å². The molecule has 0 fully saturated rings. The standard InChI is InChI=1S/C19H23FN2O3/c1-13(2)25-17-9-3-14(4-10-17)11-21-19(24)22-12-18(23)15-5-7-16(20)8-6-15/h3-10,13,18,23H,11-12H2,1-2H3,(H2,21,22,24). The summed E-state index contributed by atoms with van der Waals surface area (Å²) in [5.41, 5.74) is 1.48. The summed E-state index contributed by atoms with van der Waals surface area (Å²) in [6.07, 6.45) is -0.777. The third-order valence-electron chi connectivity index (χ3n) is 3.46. The Balaban J connectivity index is 1.74. The van der Waals surface area contributed by atoms with Gasteiger partial charge in [0.05, 0.1) is 12.2 Å². The van der Waals surface area contributed by atoms with Crippen molar-refractivity contribution < 1.29 is 19.0 Å². The number of amides is 2. The van der Waals surface area contributed by atoms with Gasteiger partial charge in [0.2, 0.25) is 0 Å². The van der Waals surface area contributed by atoms with Gasteiger partial charge < -0.3 is 20.5 Å². The molecule has 0 spiro atoms. The lowest BCUT2D eigenvalue weighted by molar-refractivity contribution is 0.173. The fourth-order valence-corrected chi connectivity index (χ4v) is 2.20. The van der Waals surface area contributed by atoms with Crippen LogP contribution < -0.4 is 15.4 Å². The number of hydrogen-bond acceptors (Lipinski definition) is 3. The molecular formula is C19H23FN2O3. The number of nitrogens with one attached hydrogen (secondary N) is 2. The molecule has 0 heterocycles. The first-order valence-corrected chi connectivity index (χ1v) is 8.15. The number of carbonyl (C=O) groups excluding carboxylic acids is 1. The number of ether oxygens (including phenoxy) is 1. The third kappa shape index (κ3) is 6.43. The molecule has 0 radical (unpaired) electrons. The normalized spacial score (nSPS) is 11.9. The fourth-order valence-electron chi connectivity index (χ4n) is 2.20. The smallest absolute Gasteiger partial charge is 0.315 e. The van der Waals surface area contributed by atoms with Gasteiger partial charge >= 0.3 is 6.03 Å². The van der Waals surface area contributed by atoms with Gasteiger partial charge in [-0.3, -0.25) is 0 Å². The Labute approximate surface area is 146 Å². The zero-order valence-corrected chi connectivity index (χ0v) is 14.3. The quantitative estimate of drug-likeness (QED) is 0.721. The van der Waals surface area contributed by atoms with Crippen LogP contribution in [0.3, 0.4) is 0 Å². The number of halogens is 1. The molecule has 3 N–H and O–H groups in total. The molecule has 5 nitrogen and oxygen atoms in total. The fraction of sp³-hybridized carbons (Fsp3) is 0.316. The number of carbonyl (C=O) groups is 1. The summed E-state index contributed by atoms with van der Waals surface area (Å²) < 4.78 is 18.4. The number of hydrogen-bond donors (Lipinski definition) is 3. The molecule has 1 unspecified atom stereocenters. The van der Waals surface area contributed by atoms with Crippen LogP contribution in [0.1, 0.15) is 31.1 Å². The monoisotopic (exact) mass is 346 g/mol. The molecular weight excluding hydrogens is 323 g/mol. The number of aliphatic hydroxyl groups excluding tert-OH is 1. The Bertz CT molecular complexity index is 672. The molecule has 2 aromatic rings. The highest BCUT2D eigenvalue weighted by Crippen LogP contribution is 2.14. The second-order valence-electron chi connectivity index (χ2n) is 5.94. The molecule has 0 aliphatic carbocycles. The molecule has 1 atom stereocenters. The molecule has 0 aromatic heterocycles. The van der Waals surface area contributed by atoms with Gasteiger partial charge in [-0.1, -0.05) is 24.3 Å². The molecule has 2 aromatic carbocycles. The van der Waals surface area contributed by atoms with E-state index in [0.717, 1.165) is 11.3 Å². The van der Waals surface area contributed by atoms with Crippen LogP contribution in [0.4, 0.5) is 9.18 Å². The lowest BCUT2D eigenvalue weighted by Crippen LogP contribution is -2.37. The maximum Gasteiger partial charge on any atom is 0.315 e. The van der Waals surface area contributed by atoms with Crippen molar-refractivity contribution in [3.63, 3.8) is 0 Å². The van der Waals surface area contributed by atoms with Gasteiger partial charge in [0.25, 0.3) is 0 Å². The summed E-state index contributed by atoms with van der Waals surface area (Å²) in [6, 6.07) is 12.6. The molecule has 0 aliphatic heterocycles. The molecule has 134 valence electrons. The molecule has 2 amide bonds. The van der Waals surface area contributed by atoms with Crippen LogP contribution >= 0.6 is 0 Å². The van der Waals surface area contributed by atoms with Crippen LogP contribution in [0.25, 0.3) is 0 Å². The van der Waals surface area contributed by atoms with Gasteiger partial charge in [0.1, 0.15) is 11.6 Å². The number of benzene rings is 2. The van der Waals surface area contributed by atoms with E-state index in [-0.39, 0.29) is 24.5 Å². The first-order chi connectivity index (χ1) is 11.9. The Morgan fingerprint density at radius 1 is 1.08 bits per heavy atom. The minimum absolute atomic E-state index is 0.0403. The zero-order valence-electron chi connectivity index (χ0n) is 14.3. The number of aliphatic hydroxyl groups is 1. The van der Waals surface area contributed by atoms with Crippen molar-refractivity contribution in [1.29, 1.82) is 0 Å². The van der Waals surface area contributed by atoms with Crippen molar-refractivity contribution in [2.45, 2.75) is 32.6 Å². The van der Waals surface area contributed by atoms with Crippen LogP contribution in [-0.4, -0.2) is 23.8 Å². The van der Waals surface area contributed by atoms with Crippen molar-refractivity contribution in [2.75, 3.05) is 6.54 Å². The van der Waals surface area contributed by atoms with Gasteiger partial charge in [-0.15, -0.1) is 0 Å². The molecule has 0 saturated carbocycles. The van der Waals surface area contributed by atoms with Gasteiger partial charge in [-0.05, 0) is 49.2 Å². The average Bonchev–Trinajstić information content (AvgIpc) is 2.59. The predicted molar refractivity (Wildman–Crippen MR) is 93.8 cm³/mol. The van der Waals surface area contributed by atoms with Crippen molar-refractivity contribution >= 4 is 6.03 Å². The van der Waals surface area contributed by atoms with Crippen LogP contribution in [0.2, 0.25) is 0 Å². The Hall–Kier alpha value is -2.60. The summed E-state index contributed by atoms with van der Waals surface area (Å²) >= 11 is 0. The summed E-state index contributed by atoms with van der Waals surface area (Å²) in [5, 5.41) is 15.3. The second-order valence-corrected chi connectivity index (χ2v) is 5.94. The number of urea groups is 1. The zero-order chi connectivity index (χ0) is 18.2. The lowest BCUT2D eigenvalue weighted by Gasteiger charge is -2.13. The van der Waals surface area contributed by atoms with E-state index in [2.05, 4.69) is 10.6 Å². The maximum absolute atomic E-state index is 12.8. The molecule has 25 heavy (non-hydrogen) atoms. The molecule has 0 saturated heterocycles. The van der Waals surface area contributed by atoms with Crippen molar-refractivity contribution in [3.05, 3.63) is 65.5 Å². The minimum atomic E-state index is -0.890. The molecule has 6 heteroatoms. The highest BCUT2D eigenvalue weighted by Gasteiger charge is 2.09. The van der Waals surface area contributed by atoms with Crippen LogP contribution in [-0.2, 0) is 6.54 Å². The van der Waals surface area contributed by atoms with Crippen LogP contribution in [0, 0.1) is 5.82 Å². The van der Waals surface area contributed by atoms with Crippen molar-refractivity contribution in [1.82, 2.24) is 10.6 Å². The highest BCUT2D eigenvalue weighted by atomic mass is 19.1. The Morgan fingerprint density at radius 3 is 2.32 bits per heavy atom. The summed E-state index contributed by atoms with van der Waals surface area (Å²) in [4.78, 5) is 11.8. The first kappa shape index (κ1) is 18.7. The Kier molecular flexibility index (Phi) is 6.77. The van der Waals surface area contributed by atoms with Crippen molar-refractivity contribution in [3.8, 4) is 5.75 Å². The summed E-state index contributed by atoms with van der Waals surface area (Å²) in [7, 11) is 0. The highest BCUT2D eigenvalue weighted by molar-refractivity contribution is 5.73. The SMILES string of the molecule is CC(C)Oc1ccc(CNC(=O)NCC(O)c2ccc(F)cc2)cc1. The van der Waals surface area contributed by atoms with Crippen molar-refractivity contribution in [2.24, 2.45) is 0 Å². The second kappa shape index (κ2) is 9.03. The van der Waals surface area contributed by atoms with Gasteiger partial charge in [0.15, 0.2) is 0 Å². The topological polar surface area (TPSA) is 70.6 Å². The summed E-state index contributed by atoms with van der Waals surface area (Å²) in [6.45, 7) is 4.32. The van der Waals surface area contributed by atoms with E-state index < -0.39 is 6.10 Å². The minimum Gasteiger partial charge on any atom is -0.491 e. The number of rotatable bonds is 7. The van der Waals surface area contributed by atoms with E-state index in [4.69, 9.17) is 4.74 Å². The van der Waals surface area contributed by atoms with E-state index in [1.165, 1.54) is 24.3 Å². The molecule has 2 rings (SSSR count). The van der Waals surface area contributed by atoms with Gasteiger partial charge in [-0.25, -0.2) is 9.18 Å². The third-order valence-corrected chi connectivity index (χ3v) is 3.46. The van der Waals surface area contributed by atoms with Crippen LogP contribution in [0.15, 0.2) is 48.5 Å². The van der Waals surface area contributed by atoms with E-state index in [1.807, 2.05) is 38.1 Å². The van der Waals surface area contributed by atoms with E-state index >= 15 is 0 Å². The van der Waals surface area contributed by atoms with Gasteiger partial charge in [-0.2, -0.15) is 0 Å². The predicted octanol–water partition coefficient (Wildman–Crippen LogP) is 3.15. The molecule has 0 bridgehead atoms. The van der Waals surface area contributed by atoms with Gasteiger partial charge in [0, 0.05) is 13.1 Å². The lowest BCUT2D eigenvalue weighted by atomic mass is 10.1. The largest absolute Gasteiger partial charge is 0.491 e.